The number of pyridine rings is 1. The Bertz CT molecular complexity index is 624. The Labute approximate surface area is 112 Å². The van der Waals surface area contributed by atoms with E-state index < -0.39 is 0 Å². The van der Waals surface area contributed by atoms with E-state index in [2.05, 4.69) is 33.1 Å². The highest BCUT2D eigenvalue weighted by atomic mass is 79.9. The van der Waals surface area contributed by atoms with Crippen molar-refractivity contribution in [2.24, 2.45) is 0 Å². The van der Waals surface area contributed by atoms with Gasteiger partial charge in [0.2, 0.25) is 0 Å². The standard InChI is InChI=1S/C13H9BrClNO/c14-12-2-1-9(8-3-4-17-7-8)10-5-13(15)16-6-11(10)12/h1-3,5-6H,4,7H2. The number of halogens is 2. The second-order valence-corrected chi connectivity index (χ2v) is 5.13. The lowest BCUT2D eigenvalue weighted by Crippen LogP contribution is -1.91. The molecule has 2 aromatic rings. The van der Waals surface area contributed by atoms with Crippen molar-refractivity contribution in [2.45, 2.75) is 0 Å². The van der Waals surface area contributed by atoms with E-state index in [1.165, 1.54) is 11.1 Å². The summed E-state index contributed by atoms with van der Waals surface area (Å²) in [5, 5.41) is 2.69. The molecule has 0 bridgehead atoms. The van der Waals surface area contributed by atoms with Crippen LogP contribution in [0.15, 0.2) is 34.9 Å². The minimum absolute atomic E-state index is 0.511. The van der Waals surface area contributed by atoms with E-state index in [9.17, 15) is 0 Å². The normalized spacial score (nSPS) is 15.3. The van der Waals surface area contributed by atoms with Crippen LogP contribution < -0.4 is 0 Å². The number of hydrogen-bond acceptors (Lipinski definition) is 2. The average Bonchev–Trinajstić information content (AvgIpc) is 2.83. The molecule has 1 aromatic carbocycles. The zero-order valence-electron chi connectivity index (χ0n) is 8.91. The summed E-state index contributed by atoms with van der Waals surface area (Å²) in [6.45, 7) is 1.35. The molecule has 2 nitrogen and oxygen atoms in total. The maximum absolute atomic E-state index is 5.97. The van der Waals surface area contributed by atoms with Gasteiger partial charge in [0.25, 0.3) is 0 Å². The van der Waals surface area contributed by atoms with Crippen molar-refractivity contribution in [1.29, 1.82) is 0 Å². The van der Waals surface area contributed by atoms with Crippen molar-refractivity contribution in [3.8, 4) is 0 Å². The molecule has 0 radical (unpaired) electrons. The first-order valence-corrected chi connectivity index (χ1v) is 6.44. The van der Waals surface area contributed by atoms with E-state index in [0.717, 1.165) is 15.2 Å². The van der Waals surface area contributed by atoms with Crippen LogP contribution in [0.5, 0.6) is 0 Å². The molecule has 0 fully saturated rings. The Kier molecular flexibility index (Phi) is 2.90. The van der Waals surface area contributed by atoms with Gasteiger partial charge in [0.05, 0.1) is 13.2 Å². The van der Waals surface area contributed by atoms with Gasteiger partial charge in [-0.2, -0.15) is 0 Å². The zero-order chi connectivity index (χ0) is 11.8. The largest absolute Gasteiger partial charge is 0.373 e. The lowest BCUT2D eigenvalue weighted by atomic mass is 10.0. The number of rotatable bonds is 1. The molecular weight excluding hydrogens is 302 g/mol. The number of hydrogen-bond donors (Lipinski definition) is 0. The number of benzene rings is 1. The maximum atomic E-state index is 5.97. The summed E-state index contributed by atoms with van der Waals surface area (Å²) in [5.74, 6) is 0. The van der Waals surface area contributed by atoms with Crippen LogP contribution in [0.2, 0.25) is 5.15 Å². The smallest absolute Gasteiger partial charge is 0.129 e. The Hall–Kier alpha value is -0.900. The summed E-state index contributed by atoms with van der Waals surface area (Å²) in [7, 11) is 0. The van der Waals surface area contributed by atoms with Gasteiger partial charge >= 0.3 is 0 Å². The van der Waals surface area contributed by atoms with Gasteiger partial charge in [0.15, 0.2) is 0 Å². The summed E-state index contributed by atoms with van der Waals surface area (Å²) in [5.41, 5.74) is 2.38. The molecule has 3 rings (SSSR count). The maximum Gasteiger partial charge on any atom is 0.129 e. The van der Waals surface area contributed by atoms with Crippen LogP contribution >= 0.6 is 27.5 Å². The minimum Gasteiger partial charge on any atom is -0.373 e. The van der Waals surface area contributed by atoms with Crippen molar-refractivity contribution >= 4 is 43.9 Å². The molecule has 0 saturated heterocycles. The van der Waals surface area contributed by atoms with Gasteiger partial charge < -0.3 is 4.74 Å². The van der Waals surface area contributed by atoms with Gasteiger partial charge in [-0.15, -0.1) is 0 Å². The molecule has 0 unspecified atom stereocenters. The molecule has 1 aromatic heterocycles. The SMILES string of the molecule is Clc1cc2c(C3=CCOC3)ccc(Br)c2cn1. The molecule has 0 atom stereocenters. The molecule has 0 amide bonds. The van der Waals surface area contributed by atoms with E-state index in [1.807, 2.05) is 12.1 Å². The first-order valence-electron chi connectivity index (χ1n) is 5.26. The fourth-order valence-corrected chi connectivity index (χ4v) is 2.64. The predicted octanol–water partition coefficient (Wildman–Crippen LogP) is 4.06. The monoisotopic (exact) mass is 309 g/mol. The Morgan fingerprint density at radius 3 is 2.94 bits per heavy atom. The van der Waals surface area contributed by atoms with Crippen molar-refractivity contribution in [3.05, 3.63) is 45.7 Å². The lowest BCUT2D eigenvalue weighted by Gasteiger charge is -2.08. The number of nitrogens with zero attached hydrogens (tertiary/aromatic N) is 1. The van der Waals surface area contributed by atoms with E-state index in [4.69, 9.17) is 16.3 Å². The molecule has 0 saturated carbocycles. The van der Waals surface area contributed by atoms with E-state index in [-0.39, 0.29) is 0 Å². The summed E-state index contributed by atoms with van der Waals surface area (Å²) in [4.78, 5) is 4.12. The quantitative estimate of drug-likeness (QED) is 0.741. The second kappa shape index (κ2) is 4.41. The first kappa shape index (κ1) is 11.2. The number of aromatic nitrogens is 1. The van der Waals surface area contributed by atoms with Crippen molar-refractivity contribution < 1.29 is 4.74 Å². The molecule has 86 valence electrons. The van der Waals surface area contributed by atoms with Crippen LogP contribution in [0, 0.1) is 0 Å². The lowest BCUT2D eigenvalue weighted by molar-refractivity contribution is 0.216. The molecule has 4 heteroatoms. The molecule has 17 heavy (non-hydrogen) atoms. The van der Waals surface area contributed by atoms with Crippen molar-refractivity contribution in [2.75, 3.05) is 13.2 Å². The van der Waals surface area contributed by atoms with Crippen molar-refractivity contribution in [1.82, 2.24) is 4.98 Å². The van der Waals surface area contributed by atoms with Crippen LogP contribution in [0.3, 0.4) is 0 Å². The summed E-state index contributed by atoms with van der Waals surface area (Å²) in [6.07, 6.45) is 3.90. The van der Waals surface area contributed by atoms with Crippen LogP contribution in [-0.4, -0.2) is 18.2 Å². The van der Waals surface area contributed by atoms with Crippen LogP contribution in [0.1, 0.15) is 5.56 Å². The van der Waals surface area contributed by atoms with Crippen LogP contribution in [0.25, 0.3) is 16.3 Å². The summed E-state index contributed by atoms with van der Waals surface area (Å²) >= 11 is 9.50. The van der Waals surface area contributed by atoms with Crippen molar-refractivity contribution in [3.63, 3.8) is 0 Å². The highest BCUT2D eigenvalue weighted by Crippen LogP contribution is 2.32. The third kappa shape index (κ3) is 1.99. The van der Waals surface area contributed by atoms with Gasteiger partial charge in [-0.25, -0.2) is 4.98 Å². The predicted molar refractivity (Wildman–Crippen MR) is 73.2 cm³/mol. The number of fused-ring (bicyclic) bond motifs is 1. The number of ether oxygens (including phenoxy) is 1. The highest BCUT2D eigenvalue weighted by molar-refractivity contribution is 9.10. The Morgan fingerprint density at radius 1 is 1.29 bits per heavy atom. The second-order valence-electron chi connectivity index (χ2n) is 3.89. The molecule has 0 aliphatic carbocycles. The molecule has 1 aliphatic rings. The van der Waals surface area contributed by atoms with Gasteiger partial charge in [-0.05, 0) is 28.7 Å². The third-order valence-electron chi connectivity index (χ3n) is 2.87. The van der Waals surface area contributed by atoms with E-state index >= 15 is 0 Å². The summed E-state index contributed by atoms with van der Waals surface area (Å²) < 4.78 is 6.40. The van der Waals surface area contributed by atoms with Gasteiger partial charge in [-0.1, -0.05) is 39.7 Å². The molecule has 1 aliphatic heterocycles. The first-order chi connectivity index (χ1) is 8.25. The highest BCUT2D eigenvalue weighted by Gasteiger charge is 2.12. The third-order valence-corrected chi connectivity index (χ3v) is 3.76. The topological polar surface area (TPSA) is 22.1 Å². The van der Waals surface area contributed by atoms with Gasteiger partial charge in [-0.3, -0.25) is 0 Å². The molecule has 0 N–H and O–H groups in total. The Morgan fingerprint density at radius 2 is 2.18 bits per heavy atom. The summed E-state index contributed by atoms with van der Waals surface area (Å²) in [6, 6.07) is 6.02. The molecular formula is C13H9BrClNO. The van der Waals surface area contributed by atoms with E-state index in [1.54, 1.807) is 6.20 Å². The molecule has 2 heterocycles. The van der Waals surface area contributed by atoms with Gasteiger partial charge in [0.1, 0.15) is 5.15 Å². The van der Waals surface area contributed by atoms with Gasteiger partial charge in [0, 0.05) is 16.1 Å². The van der Waals surface area contributed by atoms with E-state index in [0.29, 0.717) is 18.4 Å². The zero-order valence-corrected chi connectivity index (χ0v) is 11.3. The Balaban J connectivity index is 2.31. The fourth-order valence-electron chi connectivity index (χ4n) is 2.03. The fraction of sp³-hybridized carbons (Fsp3) is 0.154. The minimum atomic E-state index is 0.511. The average molecular weight is 311 g/mol. The van der Waals surface area contributed by atoms with Crippen LogP contribution in [-0.2, 0) is 4.74 Å². The molecule has 0 spiro atoms. The van der Waals surface area contributed by atoms with Crippen LogP contribution in [0.4, 0.5) is 0 Å².